The molecule has 35 heavy (non-hydrogen) atoms. The molecule has 1 unspecified atom stereocenters. The Morgan fingerprint density at radius 2 is 1.80 bits per heavy atom. The highest BCUT2D eigenvalue weighted by Crippen LogP contribution is 2.36. The Hall–Kier alpha value is -3.81. The second-order valence-corrected chi connectivity index (χ2v) is 9.40. The minimum absolute atomic E-state index is 0.0287. The summed E-state index contributed by atoms with van der Waals surface area (Å²) in [6, 6.07) is 6.11. The van der Waals surface area contributed by atoms with E-state index in [1.165, 1.54) is 27.0 Å². The van der Waals surface area contributed by atoms with Gasteiger partial charge in [0, 0.05) is 24.4 Å². The Bertz CT molecular complexity index is 1470. The van der Waals surface area contributed by atoms with Crippen LogP contribution in [-0.4, -0.2) is 42.1 Å². The van der Waals surface area contributed by atoms with Gasteiger partial charge in [-0.25, -0.2) is 13.2 Å². The number of carbonyl (C=O) groups excluding carboxylic acids is 2. The molecule has 0 aliphatic rings. The summed E-state index contributed by atoms with van der Waals surface area (Å²) in [7, 11) is -2.96. The van der Waals surface area contributed by atoms with Gasteiger partial charge >= 0.3 is 17.9 Å². The van der Waals surface area contributed by atoms with Crippen molar-refractivity contribution in [2.24, 2.45) is 7.05 Å². The van der Waals surface area contributed by atoms with Gasteiger partial charge in [0.05, 0.1) is 16.5 Å². The number of rotatable bonds is 7. The molecule has 0 saturated heterocycles. The number of ketones is 1. The molecule has 1 aromatic heterocycles. The third-order valence-corrected chi connectivity index (χ3v) is 6.17. The number of hydrogen-bond donors (Lipinski definition) is 2. The number of benzene rings is 2. The van der Waals surface area contributed by atoms with Crippen molar-refractivity contribution in [2.75, 3.05) is 4.72 Å². The van der Waals surface area contributed by atoms with Crippen LogP contribution in [0.15, 0.2) is 50.5 Å². The number of fused-ring (bicyclic) bond motifs is 1. The predicted molar refractivity (Wildman–Crippen MR) is 115 cm³/mol. The molecule has 0 aliphatic heterocycles. The molecule has 3 aromatic rings. The van der Waals surface area contributed by atoms with Crippen LogP contribution in [0.1, 0.15) is 25.3 Å². The minimum atomic E-state index is -5.45. The highest BCUT2D eigenvalue weighted by molar-refractivity contribution is 7.92. The van der Waals surface area contributed by atoms with Gasteiger partial charge in [0.2, 0.25) is 0 Å². The fourth-order valence-electron chi connectivity index (χ4n) is 3.18. The van der Waals surface area contributed by atoms with E-state index < -0.39 is 57.0 Å². The maximum absolute atomic E-state index is 13.2. The van der Waals surface area contributed by atoms with Gasteiger partial charge < -0.3 is 14.3 Å². The number of aromatic nitrogens is 1. The van der Waals surface area contributed by atoms with E-state index in [-0.39, 0.29) is 16.2 Å². The Balaban J connectivity index is 2.03. The zero-order valence-corrected chi connectivity index (χ0v) is 19.2. The highest BCUT2D eigenvalue weighted by atomic mass is 32.2. The molecule has 0 radical (unpaired) electrons. The Morgan fingerprint density at radius 1 is 1.14 bits per heavy atom. The quantitative estimate of drug-likeness (QED) is 0.277. The lowest BCUT2D eigenvalue weighted by Crippen LogP contribution is -2.35. The van der Waals surface area contributed by atoms with E-state index in [2.05, 4.69) is 4.72 Å². The van der Waals surface area contributed by atoms with E-state index >= 15 is 0 Å². The Morgan fingerprint density at radius 3 is 2.40 bits per heavy atom. The number of anilines is 1. The van der Waals surface area contributed by atoms with Gasteiger partial charge in [-0.05, 0) is 44.2 Å². The number of halogens is 3. The van der Waals surface area contributed by atoms with Crippen molar-refractivity contribution in [1.29, 1.82) is 0 Å². The van der Waals surface area contributed by atoms with Crippen molar-refractivity contribution in [1.82, 2.24) is 4.57 Å². The van der Waals surface area contributed by atoms with Gasteiger partial charge in [-0.2, -0.15) is 13.2 Å². The Kier molecular flexibility index (Phi) is 6.70. The first-order chi connectivity index (χ1) is 16.1. The summed E-state index contributed by atoms with van der Waals surface area (Å²) in [4.78, 5) is 35.6. The van der Waals surface area contributed by atoms with Crippen LogP contribution in [0.5, 0.6) is 5.75 Å². The van der Waals surface area contributed by atoms with E-state index in [0.29, 0.717) is 5.52 Å². The smallest absolute Gasteiger partial charge is 0.451 e. The summed E-state index contributed by atoms with van der Waals surface area (Å²) in [6.07, 6.45) is -6.32. The molecule has 0 saturated carbocycles. The number of ether oxygens (including phenoxy) is 1. The first kappa shape index (κ1) is 25.8. The van der Waals surface area contributed by atoms with Crippen molar-refractivity contribution < 1.29 is 45.4 Å². The third-order valence-electron chi connectivity index (χ3n) is 4.79. The first-order valence-corrected chi connectivity index (χ1v) is 11.4. The normalized spacial score (nSPS) is 13.1. The average Bonchev–Trinajstić information content (AvgIpc) is 3.02. The van der Waals surface area contributed by atoms with Gasteiger partial charge in [-0.15, -0.1) is 0 Å². The number of sulfonamides is 1. The van der Waals surface area contributed by atoms with Crippen LogP contribution in [0.4, 0.5) is 18.9 Å². The molecule has 0 spiro atoms. The van der Waals surface area contributed by atoms with Crippen molar-refractivity contribution in [3.05, 3.63) is 52.5 Å². The lowest BCUT2D eigenvalue weighted by Gasteiger charge is -2.20. The number of Topliss-reactive ketones (excluding diaryl/α,β-unsaturated/α-hetero) is 1. The lowest BCUT2D eigenvalue weighted by molar-refractivity contribution is -0.178. The molecule has 3 rings (SSSR count). The minimum Gasteiger partial charge on any atom is -0.508 e. The van der Waals surface area contributed by atoms with Gasteiger partial charge in [0.15, 0.2) is 11.5 Å². The summed E-state index contributed by atoms with van der Waals surface area (Å²) < 4.78 is 78.2. The number of nitrogens with zero attached hydrogens (tertiary/aromatic N) is 1. The zero-order valence-electron chi connectivity index (χ0n) is 18.4. The number of aromatic hydroxyl groups is 1. The average molecular weight is 516 g/mol. The molecule has 188 valence electrons. The number of phenols is 1. The number of esters is 1. The molecule has 2 N–H and O–H groups in total. The number of hydrogen-bond acceptors (Lipinski definition) is 8. The summed E-state index contributed by atoms with van der Waals surface area (Å²) in [5.41, 5.74) is -0.871. The van der Waals surface area contributed by atoms with Gasteiger partial charge in [-0.1, -0.05) is 0 Å². The second kappa shape index (κ2) is 9.09. The maximum Gasteiger partial charge on any atom is 0.451 e. The van der Waals surface area contributed by atoms with E-state index in [9.17, 15) is 41.1 Å². The van der Waals surface area contributed by atoms with Crippen molar-refractivity contribution in [2.45, 2.75) is 36.9 Å². The SMILES string of the molecule is CC(C)OC(=O)C(C(=O)C(F)(F)F)c1cc(NS(=O)(=O)c2ccc3c(c2)oc(=O)n3C)ccc1O. The van der Waals surface area contributed by atoms with Crippen molar-refractivity contribution in [3.63, 3.8) is 0 Å². The lowest BCUT2D eigenvalue weighted by atomic mass is 9.93. The first-order valence-electron chi connectivity index (χ1n) is 9.88. The van der Waals surface area contributed by atoms with Crippen LogP contribution < -0.4 is 10.5 Å². The van der Waals surface area contributed by atoms with E-state index in [4.69, 9.17) is 9.15 Å². The molecule has 2 aromatic carbocycles. The summed E-state index contributed by atoms with van der Waals surface area (Å²) in [5.74, 6) is -8.23. The molecule has 10 nitrogen and oxygen atoms in total. The maximum atomic E-state index is 13.2. The molecule has 0 aliphatic carbocycles. The molecule has 0 fully saturated rings. The number of oxazole rings is 1. The van der Waals surface area contributed by atoms with E-state index in [1.54, 1.807) is 0 Å². The third kappa shape index (κ3) is 5.31. The Labute approximate surface area is 196 Å². The van der Waals surface area contributed by atoms with Crippen LogP contribution in [0.25, 0.3) is 11.1 Å². The molecule has 0 amide bonds. The molecular weight excluding hydrogens is 497 g/mol. The summed E-state index contributed by atoms with van der Waals surface area (Å²) in [5, 5.41) is 10.1. The van der Waals surface area contributed by atoms with Crippen LogP contribution >= 0.6 is 0 Å². The molecule has 0 bridgehead atoms. The second-order valence-electron chi connectivity index (χ2n) is 7.72. The number of alkyl halides is 3. The molecule has 1 heterocycles. The van der Waals surface area contributed by atoms with Crippen LogP contribution in [0.2, 0.25) is 0 Å². The number of phenolic OH excluding ortho intramolecular Hbond substituents is 1. The van der Waals surface area contributed by atoms with Gasteiger partial charge in [-0.3, -0.25) is 18.9 Å². The monoisotopic (exact) mass is 516 g/mol. The molecular formula is C21H19F3N2O8S. The molecule has 1 atom stereocenters. The van der Waals surface area contributed by atoms with Gasteiger partial charge in [0.1, 0.15) is 5.75 Å². The predicted octanol–water partition coefficient (Wildman–Crippen LogP) is 2.80. The largest absolute Gasteiger partial charge is 0.508 e. The van der Waals surface area contributed by atoms with E-state index in [0.717, 1.165) is 34.9 Å². The summed E-state index contributed by atoms with van der Waals surface area (Å²) >= 11 is 0. The van der Waals surface area contributed by atoms with Crippen LogP contribution in [-0.2, 0) is 31.4 Å². The topological polar surface area (TPSA) is 145 Å². The number of nitrogens with one attached hydrogen (secondary N) is 1. The number of aryl methyl sites for hydroxylation is 1. The fourth-order valence-corrected chi connectivity index (χ4v) is 4.25. The van der Waals surface area contributed by atoms with Crippen LogP contribution in [0, 0.1) is 0 Å². The van der Waals surface area contributed by atoms with Crippen LogP contribution in [0.3, 0.4) is 0 Å². The highest BCUT2D eigenvalue weighted by Gasteiger charge is 2.48. The fraction of sp³-hybridized carbons (Fsp3) is 0.286. The van der Waals surface area contributed by atoms with Gasteiger partial charge in [0.25, 0.3) is 15.8 Å². The van der Waals surface area contributed by atoms with Crippen molar-refractivity contribution >= 4 is 38.6 Å². The molecule has 14 heteroatoms. The van der Waals surface area contributed by atoms with Crippen molar-refractivity contribution in [3.8, 4) is 5.75 Å². The number of carbonyl (C=O) groups is 2. The zero-order chi connectivity index (χ0) is 26.3. The summed E-state index contributed by atoms with van der Waals surface area (Å²) in [6.45, 7) is 2.70. The van der Waals surface area contributed by atoms with E-state index in [1.807, 2.05) is 0 Å². The standard InChI is InChI=1S/C21H19F3N2O8S/c1-10(2)33-19(29)17(18(28)21(22,23)24)13-8-11(4-7-15(13)27)25-35(31,32)12-5-6-14-16(9-12)34-20(30)26(14)3/h4-10,17,25,27H,1-3H3.